The van der Waals surface area contributed by atoms with Gasteiger partial charge in [0.25, 0.3) is 11.8 Å². The van der Waals surface area contributed by atoms with Crippen LogP contribution in [0.4, 0.5) is 5.00 Å². The number of carbonyl (C=O) groups is 2. The number of anilines is 1. The largest absolute Gasteiger partial charge is 0.484 e. The fourth-order valence-electron chi connectivity index (χ4n) is 4.24. The van der Waals surface area contributed by atoms with Gasteiger partial charge < -0.3 is 15.8 Å². The monoisotopic (exact) mass is 436 g/mol. The van der Waals surface area contributed by atoms with Crippen LogP contribution in [0.1, 0.15) is 48.0 Å². The Morgan fingerprint density at radius 3 is 2.61 bits per heavy atom. The smallest absolute Gasteiger partial charge is 0.262 e. The van der Waals surface area contributed by atoms with E-state index in [0.29, 0.717) is 22.2 Å². The van der Waals surface area contributed by atoms with Crippen LogP contribution in [0, 0.1) is 11.3 Å². The summed E-state index contributed by atoms with van der Waals surface area (Å²) in [4.78, 5) is 25.9. The number of nitrogens with two attached hydrogens (primary N) is 1. The quantitative estimate of drug-likeness (QED) is 0.579. The van der Waals surface area contributed by atoms with Crippen LogP contribution in [0.25, 0.3) is 10.8 Å². The number of amides is 2. The van der Waals surface area contributed by atoms with Gasteiger partial charge >= 0.3 is 0 Å². The van der Waals surface area contributed by atoms with Crippen LogP contribution >= 0.6 is 11.3 Å². The molecule has 2 aromatic carbocycles. The van der Waals surface area contributed by atoms with E-state index >= 15 is 0 Å². The van der Waals surface area contributed by atoms with Crippen LogP contribution in [0.3, 0.4) is 0 Å². The molecule has 4 rings (SSSR count). The van der Waals surface area contributed by atoms with Gasteiger partial charge in [0, 0.05) is 4.88 Å². The molecule has 162 valence electrons. The van der Waals surface area contributed by atoms with E-state index in [1.807, 2.05) is 42.5 Å². The molecule has 0 saturated carbocycles. The van der Waals surface area contributed by atoms with E-state index in [-0.39, 0.29) is 17.9 Å². The molecule has 3 aromatic rings. The first kappa shape index (κ1) is 21.4. The van der Waals surface area contributed by atoms with Crippen molar-refractivity contribution >= 4 is 38.9 Å². The predicted octanol–water partition coefficient (Wildman–Crippen LogP) is 5.17. The van der Waals surface area contributed by atoms with Crippen LogP contribution in [0.2, 0.25) is 0 Å². The minimum Gasteiger partial charge on any atom is -0.484 e. The second-order valence-corrected chi connectivity index (χ2v) is 10.3. The Bertz CT molecular complexity index is 1140. The van der Waals surface area contributed by atoms with Gasteiger partial charge in [-0.1, -0.05) is 51.1 Å². The molecule has 0 unspecified atom stereocenters. The highest BCUT2D eigenvalue weighted by Crippen LogP contribution is 2.44. The lowest BCUT2D eigenvalue weighted by molar-refractivity contribution is -0.118. The lowest BCUT2D eigenvalue weighted by Crippen LogP contribution is -2.27. The number of nitrogens with one attached hydrogen (secondary N) is 1. The fourth-order valence-corrected chi connectivity index (χ4v) is 5.59. The van der Waals surface area contributed by atoms with Gasteiger partial charge in [0.15, 0.2) is 6.61 Å². The van der Waals surface area contributed by atoms with Gasteiger partial charge in [0.2, 0.25) is 0 Å². The maximum Gasteiger partial charge on any atom is 0.262 e. The lowest BCUT2D eigenvalue weighted by atomic mass is 9.72. The summed E-state index contributed by atoms with van der Waals surface area (Å²) in [6.07, 6.45) is 2.74. The molecule has 1 heterocycles. The van der Waals surface area contributed by atoms with E-state index in [0.717, 1.165) is 40.5 Å². The van der Waals surface area contributed by atoms with Gasteiger partial charge in [0.05, 0.1) is 5.56 Å². The van der Waals surface area contributed by atoms with Crippen LogP contribution in [-0.4, -0.2) is 18.4 Å². The maximum atomic E-state index is 12.6. The van der Waals surface area contributed by atoms with Gasteiger partial charge in [-0.3, -0.25) is 9.59 Å². The predicted molar refractivity (Wildman–Crippen MR) is 126 cm³/mol. The van der Waals surface area contributed by atoms with E-state index in [2.05, 4.69) is 26.1 Å². The van der Waals surface area contributed by atoms with Crippen molar-refractivity contribution in [2.45, 2.75) is 40.0 Å². The summed E-state index contributed by atoms with van der Waals surface area (Å²) in [5.41, 5.74) is 7.35. The van der Waals surface area contributed by atoms with Crippen LogP contribution in [-0.2, 0) is 17.6 Å². The second kappa shape index (κ2) is 8.35. The molecule has 0 spiro atoms. The molecule has 0 radical (unpaired) electrons. The molecule has 1 aromatic heterocycles. The zero-order chi connectivity index (χ0) is 22.2. The molecule has 1 aliphatic rings. The number of thiophene rings is 1. The van der Waals surface area contributed by atoms with Crippen LogP contribution in [0.5, 0.6) is 5.75 Å². The number of fused-ring (bicyclic) bond motifs is 2. The maximum absolute atomic E-state index is 12.6. The van der Waals surface area contributed by atoms with E-state index in [4.69, 9.17) is 10.5 Å². The minimum atomic E-state index is -0.488. The first-order chi connectivity index (χ1) is 14.7. The van der Waals surface area contributed by atoms with E-state index in [9.17, 15) is 9.59 Å². The van der Waals surface area contributed by atoms with Crippen molar-refractivity contribution in [2.24, 2.45) is 17.1 Å². The Hall–Kier alpha value is -2.86. The van der Waals surface area contributed by atoms with Gasteiger partial charge in [-0.05, 0) is 59.1 Å². The third-order valence-electron chi connectivity index (χ3n) is 6.08. The SMILES string of the molecule is CC(C)(C)[C@H]1CCc2c(sc(NC(=O)COc3ccc4ccccc4c3)c2C(N)=O)C1. The molecule has 1 aliphatic carbocycles. The molecule has 2 amide bonds. The summed E-state index contributed by atoms with van der Waals surface area (Å²) in [7, 11) is 0. The summed E-state index contributed by atoms with van der Waals surface area (Å²) < 4.78 is 5.69. The Balaban J connectivity index is 1.47. The number of ether oxygens (including phenoxy) is 1. The van der Waals surface area contributed by atoms with Gasteiger partial charge in [-0.15, -0.1) is 11.3 Å². The fraction of sp³-hybridized carbons (Fsp3) is 0.360. The number of hydrogen-bond acceptors (Lipinski definition) is 4. The van der Waals surface area contributed by atoms with Crippen molar-refractivity contribution < 1.29 is 14.3 Å². The van der Waals surface area contributed by atoms with Crippen molar-refractivity contribution in [2.75, 3.05) is 11.9 Å². The lowest BCUT2D eigenvalue weighted by Gasteiger charge is -2.33. The molecular weight excluding hydrogens is 408 g/mol. The summed E-state index contributed by atoms with van der Waals surface area (Å²) in [5, 5.41) is 5.57. The number of rotatable bonds is 5. The third kappa shape index (κ3) is 4.59. The molecule has 0 aliphatic heterocycles. The summed E-state index contributed by atoms with van der Waals surface area (Å²) in [5.74, 6) is 0.376. The minimum absolute atomic E-state index is 0.135. The van der Waals surface area contributed by atoms with Gasteiger partial charge in [0.1, 0.15) is 10.8 Å². The van der Waals surface area contributed by atoms with E-state index in [1.54, 1.807) is 0 Å². The zero-order valence-electron chi connectivity index (χ0n) is 18.2. The molecular formula is C25H28N2O3S. The molecule has 1 atom stereocenters. The van der Waals surface area contributed by atoms with Gasteiger partial charge in [-0.25, -0.2) is 0 Å². The number of hydrogen-bond donors (Lipinski definition) is 2. The molecule has 5 nitrogen and oxygen atoms in total. The zero-order valence-corrected chi connectivity index (χ0v) is 19.0. The first-order valence-corrected chi connectivity index (χ1v) is 11.4. The number of benzene rings is 2. The van der Waals surface area contributed by atoms with Crippen molar-refractivity contribution in [1.82, 2.24) is 0 Å². The summed E-state index contributed by atoms with van der Waals surface area (Å²) >= 11 is 1.47. The molecule has 31 heavy (non-hydrogen) atoms. The standard InChI is InChI=1S/C25H28N2O3S/c1-25(2,3)17-9-11-19-20(13-17)31-24(22(19)23(26)29)27-21(28)14-30-18-10-8-15-6-4-5-7-16(15)12-18/h4-8,10,12,17H,9,11,13-14H2,1-3H3,(H2,26,29)(H,27,28)/t17-/m0/s1. The average Bonchev–Trinajstić information content (AvgIpc) is 3.08. The summed E-state index contributed by atoms with van der Waals surface area (Å²) in [6.45, 7) is 6.61. The molecule has 3 N–H and O–H groups in total. The topological polar surface area (TPSA) is 81.4 Å². The normalized spacial score (nSPS) is 16.0. The average molecular weight is 437 g/mol. The van der Waals surface area contributed by atoms with Crippen molar-refractivity contribution in [3.63, 3.8) is 0 Å². The Labute approximate surface area is 186 Å². The highest BCUT2D eigenvalue weighted by molar-refractivity contribution is 7.17. The van der Waals surface area contributed by atoms with Gasteiger partial charge in [-0.2, -0.15) is 0 Å². The second-order valence-electron chi connectivity index (χ2n) is 9.22. The number of carbonyl (C=O) groups excluding carboxylic acids is 2. The van der Waals surface area contributed by atoms with Crippen molar-refractivity contribution in [3.05, 3.63) is 58.5 Å². The third-order valence-corrected chi connectivity index (χ3v) is 7.25. The number of primary amides is 1. The first-order valence-electron chi connectivity index (χ1n) is 10.6. The molecule has 0 bridgehead atoms. The van der Waals surface area contributed by atoms with Crippen molar-refractivity contribution in [3.8, 4) is 5.75 Å². The molecule has 0 saturated heterocycles. The van der Waals surface area contributed by atoms with Crippen LogP contribution in [0.15, 0.2) is 42.5 Å². The van der Waals surface area contributed by atoms with E-state index < -0.39 is 5.91 Å². The van der Waals surface area contributed by atoms with E-state index in [1.165, 1.54) is 11.3 Å². The highest BCUT2D eigenvalue weighted by Gasteiger charge is 2.33. The Kier molecular flexibility index (Phi) is 5.75. The Morgan fingerprint density at radius 1 is 1.16 bits per heavy atom. The van der Waals surface area contributed by atoms with Crippen LogP contribution < -0.4 is 15.8 Å². The highest BCUT2D eigenvalue weighted by atomic mass is 32.1. The molecule has 6 heteroatoms. The summed E-state index contributed by atoms with van der Waals surface area (Å²) in [6, 6.07) is 13.7. The Morgan fingerprint density at radius 2 is 1.90 bits per heavy atom. The molecule has 0 fully saturated rings. The van der Waals surface area contributed by atoms with Crippen molar-refractivity contribution in [1.29, 1.82) is 0 Å².